The molecule has 0 aliphatic carbocycles. The third-order valence-electron chi connectivity index (χ3n) is 8.39. The molecule has 2 saturated heterocycles. The molecule has 216 valence electrons. The highest BCUT2D eigenvalue weighted by Gasteiger charge is 2.35. The Morgan fingerprint density at radius 1 is 0.667 bits per heavy atom. The fourth-order valence-electron chi connectivity index (χ4n) is 5.34. The van der Waals surface area contributed by atoms with Gasteiger partial charge < -0.3 is 28.4 Å². The molecule has 4 unspecified atom stereocenters. The van der Waals surface area contributed by atoms with Crippen LogP contribution in [-0.2, 0) is 50.0 Å². The fraction of sp³-hybridized carbons (Fsp3) is 0.636. The summed E-state index contributed by atoms with van der Waals surface area (Å²) in [5, 5.41) is 0. The lowest BCUT2D eigenvalue weighted by atomic mass is 9.75. The van der Waals surface area contributed by atoms with E-state index >= 15 is 0 Å². The van der Waals surface area contributed by atoms with Crippen LogP contribution in [0.25, 0.3) is 0 Å². The molecule has 0 radical (unpaired) electrons. The number of benzene rings is 2. The molecular weight excluding hydrogens is 492 g/mol. The van der Waals surface area contributed by atoms with Gasteiger partial charge in [-0.05, 0) is 59.1 Å². The van der Waals surface area contributed by atoms with Gasteiger partial charge in [0.05, 0.1) is 13.2 Å². The summed E-state index contributed by atoms with van der Waals surface area (Å²) in [5.41, 5.74) is 7.38. The van der Waals surface area contributed by atoms with Gasteiger partial charge >= 0.3 is 0 Å². The standard InChI is InChI=1S/C33H48O6/c1-9-21-13-25(14-22(10-2)31(21)38-17-27(34-7)29-19-36-29)33(5,6)26-15-23(11-3)32(24(12-4)16-26)39-18-28(35-8)30-20-37-30/h13-16,27-30H,9-12,17-20H2,1-8H3. The van der Waals surface area contributed by atoms with Crippen molar-refractivity contribution in [2.45, 2.75) is 97.1 Å². The Hall–Kier alpha value is -2.12. The Morgan fingerprint density at radius 2 is 0.974 bits per heavy atom. The van der Waals surface area contributed by atoms with Crippen molar-refractivity contribution in [2.75, 3.05) is 40.6 Å². The van der Waals surface area contributed by atoms with E-state index in [0.29, 0.717) is 13.2 Å². The topological polar surface area (TPSA) is 62.0 Å². The summed E-state index contributed by atoms with van der Waals surface area (Å²) in [7, 11) is 3.46. The van der Waals surface area contributed by atoms with E-state index in [2.05, 4.69) is 65.8 Å². The lowest BCUT2D eigenvalue weighted by Crippen LogP contribution is -2.27. The Balaban J connectivity index is 1.64. The van der Waals surface area contributed by atoms with Crippen LogP contribution >= 0.6 is 0 Å². The van der Waals surface area contributed by atoms with Crippen LogP contribution in [0.2, 0.25) is 0 Å². The summed E-state index contributed by atoms with van der Waals surface area (Å²) in [6.45, 7) is 16.0. The minimum absolute atomic E-state index is 0.0350. The van der Waals surface area contributed by atoms with Crippen LogP contribution in [0.1, 0.15) is 74.9 Å². The Bertz CT molecular complexity index is 966. The van der Waals surface area contributed by atoms with Gasteiger partial charge in [0.1, 0.15) is 49.1 Å². The predicted octanol–water partition coefficient (Wildman–Crippen LogP) is 5.85. The van der Waals surface area contributed by atoms with Gasteiger partial charge in [-0.15, -0.1) is 0 Å². The molecule has 0 aromatic heterocycles. The van der Waals surface area contributed by atoms with E-state index in [-0.39, 0.29) is 29.8 Å². The minimum Gasteiger partial charge on any atom is -0.490 e. The first-order valence-electron chi connectivity index (χ1n) is 14.7. The summed E-state index contributed by atoms with van der Waals surface area (Å²) in [5.74, 6) is 2.00. The van der Waals surface area contributed by atoms with Crippen LogP contribution in [0.3, 0.4) is 0 Å². The average molecular weight is 541 g/mol. The van der Waals surface area contributed by atoms with Crippen molar-refractivity contribution in [1.29, 1.82) is 0 Å². The van der Waals surface area contributed by atoms with E-state index in [1.54, 1.807) is 14.2 Å². The molecule has 2 heterocycles. The normalized spacial score (nSPS) is 20.0. The second-order valence-electron chi connectivity index (χ2n) is 11.2. The van der Waals surface area contributed by atoms with E-state index in [1.165, 1.54) is 33.4 Å². The maximum absolute atomic E-state index is 6.40. The van der Waals surface area contributed by atoms with E-state index in [0.717, 1.165) is 50.4 Å². The van der Waals surface area contributed by atoms with E-state index in [9.17, 15) is 0 Å². The molecular formula is C33H48O6. The molecule has 2 aromatic rings. The number of methoxy groups -OCH3 is 2. The summed E-state index contributed by atoms with van der Waals surface area (Å²) >= 11 is 0. The second kappa shape index (κ2) is 13.0. The van der Waals surface area contributed by atoms with Crippen molar-refractivity contribution in [3.8, 4) is 11.5 Å². The summed E-state index contributed by atoms with van der Waals surface area (Å²) < 4.78 is 34.9. The molecule has 0 bridgehead atoms. The highest BCUT2D eigenvalue weighted by atomic mass is 16.6. The Labute approximate surface area is 235 Å². The zero-order valence-electron chi connectivity index (χ0n) is 25.2. The maximum atomic E-state index is 6.40. The molecule has 0 saturated carbocycles. The molecule has 0 spiro atoms. The molecule has 6 nitrogen and oxygen atoms in total. The van der Waals surface area contributed by atoms with Crippen LogP contribution < -0.4 is 9.47 Å². The van der Waals surface area contributed by atoms with Gasteiger partial charge in [0.15, 0.2) is 0 Å². The fourth-order valence-corrected chi connectivity index (χ4v) is 5.34. The van der Waals surface area contributed by atoms with Gasteiger partial charge in [0.25, 0.3) is 0 Å². The molecule has 4 atom stereocenters. The van der Waals surface area contributed by atoms with Crippen LogP contribution in [0.15, 0.2) is 24.3 Å². The zero-order valence-corrected chi connectivity index (χ0v) is 25.2. The van der Waals surface area contributed by atoms with Crippen molar-refractivity contribution in [1.82, 2.24) is 0 Å². The second-order valence-corrected chi connectivity index (χ2v) is 11.2. The molecule has 0 amide bonds. The Kier molecular flexibility index (Phi) is 9.97. The minimum atomic E-state index is -0.188. The van der Waals surface area contributed by atoms with Gasteiger partial charge in [-0.25, -0.2) is 0 Å². The van der Waals surface area contributed by atoms with Gasteiger partial charge in [0.2, 0.25) is 0 Å². The Morgan fingerprint density at radius 3 is 1.21 bits per heavy atom. The summed E-state index contributed by atoms with van der Waals surface area (Å²) in [6, 6.07) is 9.35. The van der Waals surface area contributed by atoms with Crippen LogP contribution in [-0.4, -0.2) is 65.1 Å². The lowest BCUT2D eigenvalue weighted by Gasteiger charge is -2.30. The van der Waals surface area contributed by atoms with Crippen LogP contribution in [0.4, 0.5) is 0 Å². The molecule has 2 aliphatic rings. The molecule has 0 N–H and O–H groups in total. The predicted molar refractivity (Wildman–Crippen MR) is 155 cm³/mol. The first-order chi connectivity index (χ1) is 18.8. The van der Waals surface area contributed by atoms with Crippen LogP contribution in [0, 0.1) is 0 Å². The number of rotatable bonds is 16. The first kappa shape index (κ1) is 29.9. The first-order valence-corrected chi connectivity index (χ1v) is 14.7. The third-order valence-corrected chi connectivity index (χ3v) is 8.39. The number of hydrogen-bond donors (Lipinski definition) is 0. The zero-order chi connectivity index (χ0) is 28.2. The van der Waals surface area contributed by atoms with Crippen molar-refractivity contribution in [3.63, 3.8) is 0 Å². The SMILES string of the molecule is CCc1cc(C(C)(C)c2cc(CC)c(OCC(OC)C3CO3)c(CC)c2)cc(CC)c1OCC(OC)C1CO1. The number of hydrogen-bond acceptors (Lipinski definition) is 6. The quantitative estimate of drug-likeness (QED) is 0.249. The average Bonchev–Trinajstić information content (AvgIpc) is 3.87. The molecule has 2 aromatic carbocycles. The van der Waals surface area contributed by atoms with Gasteiger partial charge in [-0.1, -0.05) is 65.8 Å². The van der Waals surface area contributed by atoms with Gasteiger partial charge in [-0.3, -0.25) is 0 Å². The smallest absolute Gasteiger partial charge is 0.125 e. The maximum Gasteiger partial charge on any atom is 0.125 e. The summed E-state index contributed by atoms with van der Waals surface area (Å²) in [6.07, 6.45) is 3.85. The molecule has 4 rings (SSSR count). The highest BCUT2D eigenvalue weighted by Crippen LogP contribution is 2.40. The monoisotopic (exact) mass is 540 g/mol. The molecule has 2 fully saturated rings. The molecule has 6 heteroatoms. The van der Waals surface area contributed by atoms with Crippen molar-refractivity contribution < 1.29 is 28.4 Å². The van der Waals surface area contributed by atoms with Crippen LogP contribution in [0.5, 0.6) is 11.5 Å². The molecule has 2 aliphatic heterocycles. The molecule has 39 heavy (non-hydrogen) atoms. The third kappa shape index (κ3) is 6.79. The van der Waals surface area contributed by atoms with Gasteiger partial charge in [0, 0.05) is 19.6 Å². The largest absolute Gasteiger partial charge is 0.490 e. The van der Waals surface area contributed by atoms with Crippen molar-refractivity contribution >= 4 is 0 Å². The van der Waals surface area contributed by atoms with E-state index < -0.39 is 0 Å². The summed E-state index contributed by atoms with van der Waals surface area (Å²) in [4.78, 5) is 0. The lowest BCUT2D eigenvalue weighted by molar-refractivity contribution is 0.0368. The van der Waals surface area contributed by atoms with Crippen molar-refractivity contribution in [3.05, 3.63) is 57.6 Å². The van der Waals surface area contributed by atoms with Crippen molar-refractivity contribution in [2.24, 2.45) is 0 Å². The van der Waals surface area contributed by atoms with Gasteiger partial charge in [-0.2, -0.15) is 0 Å². The van der Waals surface area contributed by atoms with E-state index in [1.807, 2.05) is 0 Å². The number of aryl methyl sites for hydroxylation is 4. The van der Waals surface area contributed by atoms with E-state index in [4.69, 9.17) is 28.4 Å². The highest BCUT2D eigenvalue weighted by molar-refractivity contribution is 5.53. The number of ether oxygens (including phenoxy) is 6. The number of epoxide rings is 2.